The van der Waals surface area contributed by atoms with E-state index in [1.54, 1.807) is 17.0 Å². The molecule has 1 fully saturated rings. The predicted octanol–water partition coefficient (Wildman–Crippen LogP) is 1.46. The molecule has 0 N–H and O–H groups in total. The summed E-state index contributed by atoms with van der Waals surface area (Å²) in [5.41, 5.74) is 1.90. The van der Waals surface area contributed by atoms with Gasteiger partial charge in [0.1, 0.15) is 11.2 Å². The number of nitrogens with zero attached hydrogens (tertiary/aromatic N) is 2. The number of carbonyl (C=O) groups excluding carboxylic acids is 2. The molecular weight excluding hydrogens is 244 g/mol. The topological polar surface area (TPSA) is 53.8 Å². The van der Waals surface area contributed by atoms with Crippen molar-refractivity contribution in [2.45, 2.75) is 6.92 Å². The van der Waals surface area contributed by atoms with Gasteiger partial charge in [-0.2, -0.15) is 0 Å². The quantitative estimate of drug-likeness (QED) is 0.767. The zero-order valence-corrected chi connectivity index (χ0v) is 11.1. The Bertz CT molecular complexity index is 623. The van der Waals surface area contributed by atoms with Gasteiger partial charge >= 0.3 is 0 Å². The Hall–Kier alpha value is -1.88. The Morgan fingerprint density at radius 1 is 1.05 bits per heavy atom. The lowest BCUT2D eigenvalue weighted by Crippen LogP contribution is -2.47. The Kier molecular flexibility index (Phi) is 2.78. The minimum atomic E-state index is -0.119. The van der Waals surface area contributed by atoms with Gasteiger partial charge in [0.2, 0.25) is 0 Å². The monoisotopic (exact) mass is 260 g/mol. The molecule has 100 valence electrons. The Morgan fingerprint density at radius 2 is 1.63 bits per heavy atom. The van der Waals surface area contributed by atoms with E-state index in [-0.39, 0.29) is 11.7 Å². The SMILES string of the molecule is CC(=O)c1c(C(=O)N2CCN(C)CC2)c2ccc1o2. The standard InChI is InChI=1S/C14H16N2O3/c1-9(17)12-10-3-4-11(19-10)13(12)14(18)16-7-5-15(2)6-8-16/h3-4H,5-8H2,1-2H3. The van der Waals surface area contributed by atoms with Crippen molar-refractivity contribution in [3.63, 3.8) is 0 Å². The lowest BCUT2D eigenvalue weighted by atomic mass is 10.0. The van der Waals surface area contributed by atoms with E-state index in [0.29, 0.717) is 35.4 Å². The van der Waals surface area contributed by atoms with Crippen LogP contribution in [0, 0.1) is 0 Å². The smallest absolute Gasteiger partial charge is 0.258 e. The first-order valence-electron chi connectivity index (χ1n) is 6.41. The first kappa shape index (κ1) is 12.2. The molecule has 0 saturated carbocycles. The molecule has 0 unspecified atom stereocenters. The highest BCUT2D eigenvalue weighted by molar-refractivity contribution is 6.16. The number of amides is 1. The van der Waals surface area contributed by atoms with E-state index >= 15 is 0 Å². The molecule has 3 heterocycles. The summed E-state index contributed by atoms with van der Waals surface area (Å²) in [6.07, 6.45) is 0. The Balaban J connectivity index is 1.94. The molecule has 1 amide bonds. The summed E-state index contributed by atoms with van der Waals surface area (Å²) >= 11 is 0. The van der Waals surface area contributed by atoms with Gasteiger partial charge in [-0.25, -0.2) is 0 Å². The van der Waals surface area contributed by atoms with Gasteiger partial charge in [-0.1, -0.05) is 0 Å². The van der Waals surface area contributed by atoms with Crippen molar-refractivity contribution in [1.82, 2.24) is 9.80 Å². The average molecular weight is 260 g/mol. The van der Waals surface area contributed by atoms with Crippen molar-refractivity contribution in [2.24, 2.45) is 0 Å². The number of furan rings is 2. The van der Waals surface area contributed by atoms with Crippen LogP contribution < -0.4 is 0 Å². The number of hydrogen-bond acceptors (Lipinski definition) is 4. The van der Waals surface area contributed by atoms with Crippen LogP contribution in [0.2, 0.25) is 0 Å². The van der Waals surface area contributed by atoms with Crippen LogP contribution in [0.15, 0.2) is 16.5 Å². The molecule has 2 aromatic rings. The Morgan fingerprint density at radius 3 is 2.21 bits per heavy atom. The fraction of sp³-hybridized carbons (Fsp3) is 0.429. The van der Waals surface area contributed by atoms with Crippen LogP contribution >= 0.6 is 0 Å². The zero-order chi connectivity index (χ0) is 13.6. The molecule has 0 atom stereocenters. The number of likely N-dealkylation sites (N-methyl/N-ethyl adjacent to an activating group) is 1. The van der Waals surface area contributed by atoms with E-state index in [9.17, 15) is 9.59 Å². The summed E-state index contributed by atoms with van der Waals surface area (Å²) in [7, 11) is 2.04. The average Bonchev–Trinajstić information content (AvgIpc) is 2.98. The molecule has 2 bridgehead atoms. The summed E-state index contributed by atoms with van der Waals surface area (Å²) in [6, 6.07) is 3.50. The summed E-state index contributed by atoms with van der Waals surface area (Å²) in [5, 5.41) is 0. The van der Waals surface area contributed by atoms with Crippen LogP contribution in [0.25, 0.3) is 11.2 Å². The molecule has 1 aliphatic heterocycles. The zero-order valence-electron chi connectivity index (χ0n) is 11.1. The molecule has 2 aromatic heterocycles. The number of benzene rings is 1. The van der Waals surface area contributed by atoms with Gasteiger partial charge in [0.15, 0.2) is 5.78 Å². The maximum atomic E-state index is 12.6. The van der Waals surface area contributed by atoms with Crippen molar-refractivity contribution in [3.8, 4) is 0 Å². The minimum absolute atomic E-state index is 0.0901. The lowest BCUT2D eigenvalue weighted by molar-refractivity contribution is 0.0662. The van der Waals surface area contributed by atoms with E-state index in [0.717, 1.165) is 13.1 Å². The summed E-state index contributed by atoms with van der Waals surface area (Å²) < 4.78 is 5.46. The third-order valence-corrected chi connectivity index (χ3v) is 3.71. The van der Waals surface area contributed by atoms with Crippen molar-refractivity contribution in [3.05, 3.63) is 23.3 Å². The molecule has 1 aliphatic rings. The fourth-order valence-electron chi connectivity index (χ4n) is 2.58. The fourth-order valence-corrected chi connectivity index (χ4v) is 2.58. The lowest BCUT2D eigenvalue weighted by Gasteiger charge is -2.32. The molecule has 19 heavy (non-hydrogen) atoms. The van der Waals surface area contributed by atoms with Crippen LogP contribution in [0.4, 0.5) is 0 Å². The molecule has 3 rings (SSSR count). The summed E-state index contributed by atoms with van der Waals surface area (Å²) in [6.45, 7) is 4.57. The van der Waals surface area contributed by atoms with E-state index in [4.69, 9.17) is 4.42 Å². The van der Waals surface area contributed by atoms with Crippen LogP contribution in [0.1, 0.15) is 27.6 Å². The molecule has 0 aliphatic carbocycles. The van der Waals surface area contributed by atoms with Gasteiger partial charge in [-0.05, 0) is 26.1 Å². The van der Waals surface area contributed by atoms with Gasteiger partial charge in [0.25, 0.3) is 5.91 Å². The summed E-state index contributed by atoms with van der Waals surface area (Å²) in [4.78, 5) is 28.2. The number of fused-ring (bicyclic) bond motifs is 2. The maximum Gasteiger partial charge on any atom is 0.258 e. The molecule has 5 heteroatoms. The number of ketones is 1. The predicted molar refractivity (Wildman–Crippen MR) is 70.8 cm³/mol. The number of hydrogen-bond donors (Lipinski definition) is 0. The normalized spacial score (nSPS) is 17.3. The highest BCUT2D eigenvalue weighted by Gasteiger charge is 2.29. The summed E-state index contributed by atoms with van der Waals surface area (Å²) in [5.74, 6) is -0.209. The van der Waals surface area contributed by atoms with Gasteiger partial charge < -0.3 is 14.2 Å². The molecule has 0 radical (unpaired) electrons. The van der Waals surface area contributed by atoms with Gasteiger partial charge in [0.05, 0.1) is 11.1 Å². The first-order valence-corrected chi connectivity index (χ1v) is 6.41. The van der Waals surface area contributed by atoms with Crippen LogP contribution in [-0.4, -0.2) is 54.7 Å². The number of piperazine rings is 1. The highest BCUT2D eigenvalue weighted by Crippen LogP contribution is 2.30. The Labute approximate surface area is 111 Å². The molecule has 1 saturated heterocycles. The van der Waals surface area contributed by atoms with Gasteiger partial charge in [0, 0.05) is 26.2 Å². The van der Waals surface area contributed by atoms with E-state index in [2.05, 4.69) is 4.90 Å². The highest BCUT2D eigenvalue weighted by atomic mass is 16.3. The minimum Gasteiger partial charge on any atom is -0.456 e. The second kappa shape index (κ2) is 4.35. The van der Waals surface area contributed by atoms with Crippen molar-refractivity contribution in [1.29, 1.82) is 0 Å². The van der Waals surface area contributed by atoms with Crippen LogP contribution in [-0.2, 0) is 0 Å². The largest absolute Gasteiger partial charge is 0.456 e. The van der Waals surface area contributed by atoms with E-state index < -0.39 is 0 Å². The van der Waals surface area contributed by atoms with Gasteiger partial charge in [-0.15, -0.1) is 0 Å². The first-order chi connectivity index (χ1) is 9.08. The second-order valence-corrected chi connectivity index (χ2v) is 5.07. The van der Waals surface area contributed by atoms with Gasteiger partial charge in [-0.3, -0.25) is 9.59 Å². The van der Waals surface area contributed by atoms with E-state index in [1.165, 1.54) is 6.92 Å². The van der Waals surface area contributed by atoms with Crippen molar-refractivity contribution >= 4 is 22.9 Å². The van der Waals surface area contributed by atoms with Crippen LogP contribution in [0.3, 0.4) is 0 Å². The van der Waals surface area contributed by atoms with Crippen molar-refractivity contribution in [2.75, 3.05) is 33.2 Å². The van der Waals surface area contributed by atoms with Crippen LogP contribution in [0.5, 0.6) is 0 Å². The molecule has 0 aromatic carbocycles. The number of Topliss-reactive ketones (excluding diaryl/α,β-unsaturated/α-hetero) is 1. The third-order valence-electron chi connectivity index (χ3n) is 3.71. The maximum absolute atomic E-state index is 12.6. The molecule has 0 spiro atoms. The molecule has 5 nitrogen and oxygen atoms in total. The second-order valence-electron chi connectivity index (χ2n) is 5.07. The molecular formula is C14H16N2O3. The van der Waals surface area contributed by atoms with Crippen molar-refractivity contribution < 1.29 is 14.0 Å². The number of carbonyl (C=O) groups is 2. The number of rotatable bonds is 2. The third kappa shape index (κ3) is 1.90. The van der Waals surface area contributed by atoms with E-state index in [1.807, 2.05) is 7.05 Å².